The van der Waals surface area contributed by atoms with Crippen LogP contribution in [0.25, 0.3) is 5.69 Å². The quantitative estimate of drug-likeness (QED) is 0.745. The summed E-state index contributed by atoms with van der Waals surface area (Å²) in [4.78, 5) is 4.04. The summed E-state index contributed by atoms with van der Waals surface area (Å²) in [5, 5.41) is 0. The molecule has 0 saturated carbocycles. The highest BCUT2D eigenvalue weighted by Gasteiger charge is 1.99. The van der Waals surface area contributed by atoms with Crippen molar-refractivity contribution in [1.82, 2.24) is 9.55 Å². The second-order valence-electron chi connectivity index (χ2n) is 2.93. The number of aromatic nitrogens is 2. The number of imidazole rings is 1. The first-order chi connectivity index (χ1) is 6.27. The van der Waals surface area contributed by atoms with Gasteiger partial charge in [-0.2, -0.15) is 0 Å². The zero-order chi connectivity index (χ0) is 9.26. The van der Waals surface area contributed by atoms with E-state index in [1.165, 1.54) is 5.56 Å². The van der Waals surface area contributed by atoms with E-state index in [0.717, 1.165) is 10.3 Å². The Kier molecular flexibility index (Phi) is 2.19. The Balaban J connectivity index is 2.53. The van der Waals surface area contributed by atoms with Crippen molar-refractivity contribution in [1.29, 1.82) is 0 Å². The molecule has 13 heavy (non-hydrogen) atoms. The van der Waals surface area contributed by atoms with E-state index >= 15 is 0 Å². The van der Waals surface area contributed by atoms with Gasteiger partial charge in [-0.1, -0.05) is 12.1 Å². The normalized spacial score (nSPS) is 10.3. The van der Waals surface area contributed by atoms with Gasteiger partial charge < -0.3 is 0 Å². The lowest BCUT2D eigenvalue weighted by atomic mass is 10.2. The van der Waals surface area contributed by atoms with E-state index < -0.39 is 0 Å². The highest BCUT2D eigenvalue weighted by molar-refractivity contribution is 9.10. The predicted octanol–water partition coefficient (Wildman–Crippen LogP) is 2.94. The van der Waals surface area contributed by atoms with Crippen molar-refractivity contribution < 1.29 is 0 Å². The monoisotopic (exact) mass is 236 g/mol. The van der Waals surface area contributed by atoms with Crippen LogP contribution in [-0.2, 0) is 0 Å². The number of hydrogen-bond donors (Lipinski definition) is 0. The molecule has 0 amide bonds. The van der Waals surface area contributed by atoms with E-state index in [1.54, 1.807) is 12.5 Å². The second kappa shape index (κ2) is 3.34. The van der Waals surface area contributed by atoms with Crippen LogP contribution in [0.2, 0.25) is 0 Å². The molecule has 1 aromatic heterocycles. The summed E-state index contributed by atoms with van der Waals surface area (Å²) in [6.45, 7) is 2.08. The Morgan fingerprint density at radius 1 is 1.38 bits per heavy atom. The molecule has 0 aliphatic carbocycles. The zero-order valence-corrected chi connectivity index (χ0v) is 8.82. The second-order valence-corrected chi connectivity index (χ2v) is 3.74. The Hall–Kier alpha value is -1.09. The van der Waals surface area contributed by atoms with Crippen molar-refractivity contribution in [2.24, 2.45) is 0 Å². The number of hydrogen-bond acceptors (Lipinski definition) is 1. The van der Waals surface area contributed by atoms with E-state index in [2.05, 4.69) is 46.0 Å². The molecular formula is C10H9BrN2. The molecule has 1 aromatic carbocycles. The number of rotatable bonds is 1. The molecule has 0 saturated heterocycles. The van der Waals surface area contributed by atoms with Crippen molar-refractivity contribution in [3.05, 3.63) is 47.0 Å². The molecular weight excluding hydrogens is 228 g/mol. The third-order valence-electron chi connectivity index (χ3n) is 1.87. The summed E-state index contributed by atoms with van der Waals surface area (Å²) in [5.41, 5.74) is 2.38. The van der Waals surface area contributed by atoms with Crippen LogP contribution in [0.15, 0.2) is 41.4 Å². The Bertz CT molecular complexity index is 420. The van der Waals surface area contributed by atoms with Crippen LogP contribution in [0, 0.1) is 6.92 Å². The Morgan fingerprint density at radius 3 is 2.85 bits per heavy atom. The molecule has 0 bridgehead atoms. The fourth-order valence-corrected chi connectivity index (χ4v) is 1.66. The van der Waals surface area contributed by atoms with E-state index in [4.69, 9.17) is 0 Å². The van der Waals surface area contributed by atoms with Gasteiger partial charge in [0.2, 0.25) is 0 Å². The maximum atomic E-state index is 4.04. The first kappa shape index (κ1) is 8.51. The third kappa shape index (κ3) is 1.65. The minimum Gasteiger partial charge on any atom is -0.293 e. The lowest BCUT2D eigenvalue weighted by Gasteiger charge is -2.03. The fourth-order valence-electron chi connectivity index (χ4n) is 1.25. The Morgan fingerprint density at radius 2 is 2.23 bits per heavy atom. The maximum Gasteiger partial charge on any atom is 0.109 e. The van der Waals surface area contributed by atoms with Crippen molar-refractivity contribution in [3.8, 4) is 5.69 Å². The SMILES string of the molecule is Cc1cccc(-n2cncc2Br)c1. The first-order valence-corrected chi connectivity index (χ1v) is 4.81. The standard InChI is InChI=1S/C10H9BrN2/c1-8-3-2-4-9(5-8)13-7-12-6-10(13)11/h2-7H,1H3. The molecule has 3 heteroatoms. The van der Waals surface area contributed by atoms with Crippen LogP contribution in [0.3, 0.4) is 0 Å². The molecule has 1 heterocycles. The van der Waals surface area contributed by atoms with Crippen molar-refractivity contribution in [2.45, 2.75) is 6.92 Å². The van der Waals surface area contributed by atoms with Gasteiger partial charge in [-0.3, -0.25) is 4.57 Å². The summed E-state index contributed by atoms with van der Waals surface area (Å²) in [6, 6.07) is 8.29. The van der Waals surface area contributed by atoms with Gasteiger partial charge in [-0.05, 0) is 40.5 Å². The summed E-state index contributed by atoms with van der Waals surface area (Å²) >= 11 is 3.43. The van der Waals surface area contributed by atoms with Crippen LogP contribution in [-0.4, -0.2) is 9.55 Å². The molecule has 0 unspecified atom stereocenters. The van der Waals surface area contributed by atoms with Crippen LogP contribution >= 0.6 is 15.9 Å². The topological polar surface area (TPSA) is 17.8 Å². The third-order valence-corrected chi connectivity index (χ3v) is 2.46. The van der Waals surface area contributed by atoms with Gasteiger partial charge in [0.05, 0.1) is 6.20 Å². The van der Waals surface area contributed by atoms with E-state index in [9.17, 15) is 0 Å². The Labute approximate surface area is 85.4 Å². The molecule has 2 rings (SSSR count). The molecule has 2 nitrogen and oxygen atoms in total. The number of aryl methyl sites for hydroxylation is 1. The van der Waals surface area contributed by atoms with Crippen LogP contribution in [0.5, 0.6) is 0 Å². The maximum absolute atomic E-state index is 4.04. The van der Waals surface area contributed by atoms with Gasteiger partial charge in [0, 0.05) is 5.69 Å². The van der Waals surface area contributed by atoms with E-state index in [1.807, 2.05) is 10.6 Å². The average molecular weight is 237 g/mol. The average Bonchev–Trinajstić information content (AvgIpc) is 2.51. The molecule has 0 atom stereocenters. The lowest BCUT2D eigenvalue weighted by molar-refractivity contribution is 1.03. The van der Waals surface area contributed by atoms with E-state index in [-0.39, 0.29) is 0 Å². The fraction of sp³-hybridized carbons (Fsp3) is 0.100. The van der Waals surface area contributed by atoms with Gasteiger partial charge in [0.15, 0.2) is 0 Å². The van der Waals surface area contributed by atoms with Crippen LogP contribution in [0.1, 0.15) is 5.56 Å². The predicted molar refractivity (Wildman–Crippen MR) is 56.0 cm³/mol. The molecule has 0 N–H and O–H groups in total. The van der Waals surface area contributed by atoms with Gasteiger partial charge in [-0.25, -0.2) is 4.98 Å². The molecule has 0 aliphatic heterocycles. The highest BCUT2D eigenvalue weighted by Crippen LogP contribution is 2.16. The summed E-state index contributed by atoms with van der Waals surface area (Å²) in [5.74, 6) is 0. The smallest absolute Gasteiger partial charge is 0.109 e. The lowest BCUT2D eigenvalue weighted by Crippen LogP contribution is -1.91. The minimum atomic E-state index is 0.970. The highest BCUT2D eigenvalue weighted by atomic mass is 79.9. The molecule has 0 radical (unpaired) electrons. The number of nitrogens with zero attached hydrogens (tertiary/aromatic N) is 2. The van der Waals surface area contributed by atoms with Crippen LogP contribution < -0.4 is 0 Å². The van der Waals surface area contributed by atoms with Gasteiger partial charge in [0.25, 0.3) is 0 Å². The first-order valence-electron chi connectivity index (χ1n) is 4.02. The summed E-state index contributed by atoms with van der Waals surface area (Å²) < 4.78 is 2.96. The molecule has 2 aromatic rings. The number of benzene rings is 1. The van der Waals surface area contributed by atoms with Crippen LogP contribution in [0.4, 0.5) is 0 Å². The van der Waals surface area contributed by atoms with Gasteiger partial charge in [0.1, 0.15) is 10.9 Å². The summed E-state index contributed by atoms with van der Waals surface area (Å²) in [7, 11) is 0. The molecule has 0 fully saturated rings. The largest absolute Gasteiger partial charge is 0.293 e. The number of halogens is 1. The van der Waals surface area contributed by atoms with Gasteiger partial charge >= 0.3 is 0 Å². The van der Waals surface area contributed by atoms with Crippen molar-refractivity contribution >= 4 is 15.9 Å². The molecule has 0 aliphatic rings. The minimum absolute atomic E-state index is 0.970. The molecule has 0 spiro atoms. The van der Waals surface area contributed by atoms with E-state index in [0.29, 0.717) is 0 Å². The van der Waals surface area contributed by atoms with Crippen molar-refractivity contribution in [2.75, 3.05) is 0 Å². The molecule has 66 valence electrons. The van der Waals surface area contributed by atoms with Crippen molar-refractivity contribution in [3.63, 3.8) is 0 Å². The zero-order valence-electron chi connectivity index (χ0n) is 7.24. The summed E-state index contributed by atoms with van der Waals surface area (Å²) in [6.07, 6.45) is 3.57. The van der Waals surface area contributed by atoms with Gasteiger partial charge in [-0.15, -0.1) is 0 Å².